The minimum absolute atomic E-state index is 0.116. The SMILES string of the molecule is CCNC(=NCC(CC)(CC)CCO)NCCN(C)C(C)CC. The Hall–Kier alpha value is -0.810. The van der Waals surface area contributed by atoms with Crippen molar-refractivity contribution in [1.82, 2.24) is 15.5 Å². The molecule has 0 saturated heterocycles. The standard InChI is InChI=1S/C18H40N4O/c1-7-16(5)22(6)13-12-20-17(19-10-4)21-15-18(8-2,9-3)11-14-23/h16,23H,7-15H2,1-6H3,(H2,19,20,21). The molecule has 1 atom stereocenters. The maximum Gasteiger partial charge on any atom is 0.191 e. The van der Waals surface area contributed by atoms with E-state index in [2.05, 4.69) is 57.2 Å². The van der Waals surface area contributed by atoms with E-state index in [0.717, 1.165) is 51.4 Å². The van der Waals surface area contributed by atoms with Gasteiger partial charge in [-0.3, -0.25) is 4.99 Å². The predicted molar refractivity (Wildman–Crippen MR) is 101 cm³/mol. The van der Waals surface area contributed by atoms with E-state index in [1.165, 1.54) is 6.42 Å². The summed E-state index contributed by atoms with van der Waals surface area (Å²) in [5.41, 5.74) is 0.116. The summed E-state index contributed by atoms with van der Waals surface area (Å²) in [7, 11) is 2.17. The highest BCUT2D eigenvalue weighted by atomic mass is 16.3. The topological polar surface area (TPSA) is 59.9 Å². The molecule has 3 N–H and O–H groups in total. The number of nitrogens with one attached hydrogen (secondary N) is 2. The number of rotatable bonds is 12. The molecule has 0 heterocycles. The molecule has 0 rings (SSSR count). The molecule has 0 saturated carbocycles. The fourth-order valence-corrected chi connectivity index (χ4v) is 2.61. The lowest BCUT2D eigenvalue weighted by molar-refractivity contribution is 0.175. The van der Waals surface area contributed by atoms with Gasteiger partial charge < -0.3 is 20.6 Å². The first-order valence-corrected chi connectivity index (χ1v) is 9.31. The third-order valence-electron chi connectivity index (χ3n) is 5.16. The summed E-state index contributed by atoms with van der Waals surface area (Å²) in [6, 6.07) is 0.605. The minimum Gasteiger partial charge on any atom is -0.396 e. The van der Waals surface area contributed by atoms with E-state index in [4.69, 9.17) is 4.99 Å². The van der Waals surface area contributed by atoms with Gasteiger partial charge in [-0.2, -0.15) is 0 Å². The molecule has 0 aliphatic heterocycles. The molecule has 0 aromatic rings. The first-order chi connectivity index (χ1) is 11.0. The number of aliphatic hydroxyl groups excluding tert-OH is 1. The average Bonchev–Trinajstić information content (AvgIpc) is 2.57. The van der Waals surface area contributed by atoms with Crippen LogP contribution in [0.3, 0.4) is 0 Å². The summed E-state index contributed by atoms with van der Waals surface area (Å²) in [6.07, 6.45) is 4.08. The first-order valence-electron chi connectivity index (χ1n) is 9.31. The molecule has 0 radical (unpaired) electrons. The van der Waals surface area contributed by atoms with E-state index in [9.17, 15) is 5.11 Å². The van der Waals surface area contributed by atoms with Gasteiger partial charge in [-0.25, -0.2) is 0 Å². The smallest absolute Gasteiger partial charge is 0.191 e. The molecule has 0 spiro atoms. The van der Waals surface area contributed by atoms with Crippen molar-refractivity contribution in [2.75, 3.05) is 39.8 Å². The number of hydrogen-bond acceptors (Lipinski definition) is 3. The van der Waals surface area contributed by atoms with Crippen LogP contribution < -0.4 is 10.6 Å². The Bertz CT molecular complexity index is 316. The molecular weight excluding hydrogens is 288 g/mol. The van der Waals surface area contributed by atoms with E-state index >= 15 is 0 Å². The van der Waals surface area contributed by atoms with Crippen molar-refractivity contribution in [3.05, 3.63) is 0 Å². The Labute approximate surface area is 143 Å². The summed E-state index contributed by atoms with van der Waals surface area (Å²) in [5, 5.41) is 16.1. The molecule has 138 valence electrons. The maximum absolute atomic E-state index is 9.33. The quantitative estimate of drug-likeness (QED) is 0.380. The number of guanidine groups is 1. The van der Waals surface area contributed by atoms with Crippen molar-refractivity contribution < 1.29 is 5.11 Å². The second-order valence-electron chi connectivity index (χ2n) is 6.54. The maximum atomic E-state index is 9.33. The predicted octanol–water partition coefficient (Wildman–Crippen LogP) is 2.46. The lowest BCUT2D eigenvalue weighted by Crippen LogP contribution is -2.43. The van der Waals surface area contributed by atoms with Gasteiger partial charge in [0.25, 0.3) is 0 Å². The van der Waals surface area contributed by atoms with E-state index in [-0.39, 0.29) is 12.0 Å². The van der Waals surface area contributed by atoms with Gasteiger partial charge >= 0.3 is 0 Å². The molecular formula is C18H40N4O. The lowest BCUT2D eigenvalue weighted by Gasteiger charge is -2.29. The first kappa shape index (κ1) is 22.2. The minimum atomic E-state index is 0.116. The van der Waals surface area contributed by atoms with Crippen LogP contribution in [0.15, 0.2) is 4.99 Å². The Morgan fingerprint density at radius 1 is 1.17 bits per heavy atom. The zero-order valence-corrected chi connectivity index (χ0v) is 16.3. The van der Waals surface area contributed by atoms with Crippen LogP contribution in [-0.4, -0.2) is 61.8 Å². The highest BCUT2D eigenvalue weighted by molar-refractivity contribution is 5.79. The van der Waals surface area contributed by atoms with Crippen LogP contribution >= 0.6 is 0 Å². The van der Waals surface area contributed by atoms with Crippen LogP contribution in [0.4, 0.5) is 0 Å². The highest BCUT2D eigenvalue weighted by Crippen LogP contribution is 2.30. The largest absolute Gasteiger partial charge is 0.396 e. The van der Waals surface area contributed by atoms with Crippen molar-refractivity contribution >= 4 is 5.96 Å². The molecule has 0 fully saturated rings. The highest BCUT2D eigenvalue weighted by Gasteiger charge is 2.25. The van der Waals surface area contributed by atoms with E-state index < -0.39 is 0 Å². The second kappa shape index (κ2) is 12.6. The van der Waals surface area contributed by atoms with Gasteiger partial charge in [-0.15, -0.1) is 0 Å². The molecule has 0 aromatic heterocycles. The van der Waals surface area contributed by atoms with Crippen LogP contribution in [0.5, 0.6) is 0 Å². The number of aliphatic imine (C=N–C) groups is 1. The molecule has 0 aromatic carbocycles. The summed E-state index contributed by atoms with van der Waals surface area (Å²) >= 11 is 0. The zero-order chi connectivity index (χ0) is 17.7. The van der Waals surface area contributed by atoms with Gasteiger partial charge in [0.2, 0.25) is 0 Å². The fraction of sp³-hybridized carbons (Fsp3) is 0.944. The fourth-order valence-electron chi connectivity index (χ4n) is 2.61. The third kappa shape index (κ3) is 8.56. The Balaban J connectivity index is 4.58. The van der Waals surface area contributed by atoms with Crippen LogP contribution in [0.25, 0.3) is 0 Å². The van der Waals surface area contributed by atoms with Gasteiger partial charge in [-0.05, 0) is 52.0 Å². The lowest BCUT2D eigenvalue weighted by atomic mass is 9.79. The van der Waals surface area contributed by atoms with Gasteiger partial charge in [0.05, 0.1) is 0 Å². The molecule has 0 amide bonds. The molecule has 23 heavy (non-hydrogen) atoms. The van der Waals surface area contributed by atoms with Crippen molar-refractivity contribution in [3.63, 3.8) is 0 Å². The van der Waals surface area contributed by atoms with E-state index in [0.29, 0.717) is 6.04 Å². The second-order valence-corrected chi connectivity index (χ2v) is 6.54. The third-order valence-corrected chi connectivity index (χ3v) is 5.16. The zero-order valence-electron chi connectivity index (χ0n) is 16.3. The molecule has 1 unspecified atom stereocenters. The normalized spacial score (nSPS) is 14.2. The van der Waals surface area contributed by atoms with Crippen LogP contribution in [0.1, 0.15) is 60.3 Å². The monoisotopic (exact) mass is 328 g/mol. The van der Waals surface area contributed by atoms with Crippen molar-refractivity contribution in [2.24, 2.45) is 10.4 Å². The summed E-state index contributed by atoms with van der Waals surface area (Å²) in [5.74, 6) is 0.884. The number of nitrogens with zero attached hydrogens (tertiary/aromatic N) is 2. The van der Waals surface area contributed by atoms with Crippen molar-refractivity contribution in [1.29, 1.82) is 0 Å². The summed E-state index contributed by atoms with van der Waals surface area (Å²) < 4.78 is 0. The van der Waals surface area contributed by atoms with Crippen LogP contribution in [0, 0.1) is 5.41 Å². The van der Waals surface area contributed by atoms with Crippen LogP contribution in [0.2, 0.25) is 0 Å². The summed E-state index contributed by atoms with van der Waals surface area (Å²) in [6.45, 7) is 14.7. The average molecular weight is 329 g/mol. The van der Waals surface area contributed by atoms with Gasteiger partial charge in [0, 0.05) is 38.8 Å². The molecule has 0 aliphatic carbocycles. The molecule has 5 nitrogen and oxygen atoms in total. The van der Waals surface area contributed by atoms with Gasteiger partial charge in [-0.1, -0.05) is 20.8 Å². The number of hydrogen-bond donors (Lipinski definition) is 3. The molecule has 0 aliphatic rings. The van der Waals surface area contributed by atoms with E-state index in [1.807, 2.05) is 0 Å². The van der Waals surface area contributed by atoms with Crippen molar-refractivity contribution in [3.8, 4) is 0 Å². The molecule has 5 heteroatoms. The van der Waals surface area contributed by atoms with Gasteiger partial charge in [0.15, 0.2) is 5.96 Å². The number of aliphatic hydroxyl groups is 1. The Morgan fingerprint density at radius 2 is 1.83 bits per heavy atom. The van der Waals surface area contributed by atoms with Gasteiger partial charge in [0.1, 0.15) is 0 Å². The summed E-state index contributed by atoms with van der Waals surface area (Å²) in [4.78, 5) is 7.14. The Kier molecular flexibility index (Phi) is 12.1. The Morgan fingerprint density at radius 3 is 2.30 bits per heavy atom. The van der Waals surface area contributed by atoms with E-state index in [1.54, 1.807) is 0 Å². The number of likely N-dealkylation sites (N-methyl/N-ethyl adjacent to an activating group) is 1. The van der Waals surface area contributed by atoms with Crippen molar-refractivity contribution in [2.45, 2.75) is 66.3 Å². The van der Waals surface area contributed by atoms with Crippen LogP contribution in [-0.2, 0) is 0 Å². The molecule has 0 bridgehead atoms.